The third-order valence-electron chi connectivity index (χ3n) is 3.00. The van der Waals surface area contributed by atoms with Crippen LogP contribution in [0.4, 0.5) is 0 Å². The number of hydrogen-bond acceptors (Lipinski definition) is 3. The van der Waals surface area contributed by atoms with Crippen molar-refractivity contribution < 1.29 is 46.7 Å². The normalized spacial score (nSPS) is 11.5. The Labute approximate surface area is 146 Å². The third-order valence-corrected chi connectivity index (χ3v) is 3.35. The first-order valence-electron chi connectivity index (χ1n) is 7.37. The molecule has 0 unspecified atom stereocenters. The van der Waals surface area contributed by atoms with Crippen LogP contribution in [0.5, 0.6) is 0 Å². The van der Waals surface area contributed by atoms with Crippen molar-refractivity contribution in [1.82, 2.24) is 0 Å². The zero-order valence-electron chi connectivity index (χ0n) is 13.0. The zero-order valence-corrected chi connectivity index (χ0v) is 15.8. The monoisotopic (exact) mass is 315 g/mol. The summed E-state index contributed by atoms with van der Waals surface area (Å²) in [5, 5.41) is 0. The molecule has 0 aromatic rings. The molecule has 0 heterocycles. The maximum Gasteiger partial charge on any atom is 1.00 e. The molecular weight excluding hydrogens is 287 g/mol. The van der Waals surface area contributed by atoms with Gasteiger partial charge in [-0.15, -0.1) is 0 Å². The van der Waals surface area contributed by atoms with E-state index in [1.54, 1.807) is 6.08 Å². The van der Waals surface area contributed by atoms with Crippen molar-refractivity contribution in [3.8, 4) is 0 Å². The molecule has 0 aromatic carbocycles. The molecule has 0 aliphatic rings. The summed E-state index contributed by atoms with van der Waals surface area (Å²) < 4.78 is 32.8. The summed E-state index contributed by atoms with van der Waals surface area (Å²) in [7, 11) is -4.33. The van der Waals surface area contributed by atoms with Gasteiger partial charge in [-0.1, -0.05) is 64.7 Å². The Balaban J connectivity index is 0. The van der Waals surface area contributed by atoms with E-state index in [4.69, 9.17) is 4.55 Å². The molecule has 0 amide bonds. The van der Waals surface area contributed by atoms with Crippen molar-refractivity contribution in [3.05, 3.63) is 12.3 Å². The van der Waals surface area contributed by atoms with Crippen LogP contribution >= 0.6 is 0 Å². The second-order valence-corrected chi connectivity index (χ2v) is 5.91. The molecule has 0 aliphatic heterocycles. The average molecular weight is 315 g/mol. The Bertz CT molecular complexity index is 315. The van der Waals surface area contributed by atoms with Crippen LogP contribution in [0.3, 0.4) is 0 Å². The molecule has 4 nitrogen and oxygen atoms in total. The largest absolute Gasteiger partial charge is 1.00 e. The van der Waals surface area contributed by atoms with E-state index in [2.05, 4.69) is 11.1 Å². The standard InChI is InChI=1S/C14H28O4S.Na/c1-2-3-4-5-6-7-8-9-10-11-12-13-14-18-19(15,16)17;/h13-14H,2-12H2,1H3,(H,15,16,17);/q;+1/b14-13+;. The van der Waals surface area contributed by atoms with Gasteiger partial charge in [0.25, 0.3) is 0 Å². The van der Waals surface area contributed by atoms with Gasteiger partial charge >= 0.3 is 40.0 Å². The minimum atomic E-state index is -4.33. The van der Waals surface area contributed by atoms with Crippen molar-refractivity contribution in [2.75, 3.05) is 0 Å². The maximum atomic E-state index is 10.2. The first kappa shape index (κ1) is 22.7. The number of allylic oxidation sites excluding steroid dienone is 1. The molecule has 0 radical (unpaired) electrons. The summed E-state index contributed by atoms with van der Waals surface area (Å²) in [6.45, 7) is 2.23. The fourth-order valence-electron chi connectivity index (χ4n) is 1.93. The van der Waals surface area contributed by atoms with E-state index >= 15 is 0 Å². The molecule has 20 heavy (non-hydrogen) atoms. The van der Waals surface area contributed by atoms with Crippen molar-refractivity contribution in [1.29, 1.82) is 0 Å². The zero-order chi connectivity index (χ0) is 14.4. The van der Waals surface area contributed by atoms with Crippen LogP contribution in [-0.2, 0) is 14.6 Å². The summed E-state index contributed by atoms with van der Waals surface area (Å²) in [5.41, 5.74) is 0. The van der Waals surface area contributed by atoms with Crippen molar-refractivity contribution in [2.24, 2.45) is 0 Å². The van der Waals surface area contributed by atoms with Gasteiger partial charge in [-0.3, -0.25) is 4.55 Å². The molecule has 0 fully saturated rings. The predicted molar refractivity (Wildman–Crippen MR) is 78.2 cm³/mol. The molecule has 0 saturated heterocycles. The maximum absolute atomic E-state index is 10.2. The quantitative estimate of drug-likeness (QED) is 0.243. The van der Waals surface area contributed by atoms with Crippen LogP contribution in [0.15, 0.2) is 12.3 Å². The Morgan fingerprint density at radius 2 is 1.35 bits per heavy atom. The van der Waals surface area contributed by atoms with Crippen molar-refractivity contribution >= 4 is 10.4 Å². The number of unbranched alkanes of at least 4 members (excludes halogenated alkanes) is 10. The molecule has 0 aromatic heterocycles. The van der Waals surface area contributed by atoms with Crippen LogP contribution in [0, 0.1) is 0 Å². The summed E-state index contributed by atoms with van der Waals surface area (Å²) >= 11 is 0. The van der Waals surface area contributed by atoms with Gasteiger partial charge < -0.3 is 4.18 Å². The minimum absolute atomic E-state index is 0. The summed E-state index contributed by atoms with van der Waals surface area (Å²) in [5.74, 6) is 0. The minimum Gasteiger partial charge on any atom is -0.370 e. The van der Waals surface area contributed by atoms with Gasteiger partial charge in [0.15, 0.2) is 0 Å². The van der Waals surface area contributed by atoms with Crippen LogP contribution in [0.2, 0.25) is 0 Å². The SMILES string of the molecule is CCCCCCCCCCCC/C=C/OS(=O)(=O)O.[Na+]. The van der Waals surface area contributed by atoms with E-state index in [-0.39, 0.29) is 29.6 Å². The van der Waals surface area contributed by atoms with Gasteiger partial charge in [-0.2, -0.15) is 8.42 Å². The molecule has 1 N–H and O–H groups in total. The second kappa shape index (κ2) is 15.8. The molecule has 0 rings (SSSR count). The van der Waals surface area contributed by atoms with Crippen molar-refractivity contribution in [3.63, 3.8) is 0 Å². The van der Waals surface area contributed by atoms with Crippen LogP contribution in [-0.4, -0.2) is 13.0 Å². The van der Waals surface area contributed by atoms with Crippen LogP contribution in [0.1, 0.15) is 77.6 Å². The van der Waals surface area contributed by atoms with E-state index in [1.807, 2.05) is 0 Å². The van der Waals surface area contributed by atoms with Crippen LogP contribution in [0.25, 0.3) is 0 Å². The molecule has 0 aliphatic carbocycles. The molecule has 0 atom stereocenters. The van der Waals surface area contributed by atoms with E-state index < -0.39 is 10.4 Å². The molecule has 0 bridgehead atoms. The number of hydrogen-bond donors (Lipinski definition) is 1. The molecule has 114 valence electrons. The molecular formula is C14H28NaO4S+. The molecule has 6 heteroatoms. The van der Waals surface area contributed by atoms with E-state index in [9.17, 15) is 8.42 Å². The van der Waals surface area contributed by atoms with Gasteiger partial charge in [0.2, 0.25) is 0 Å². The fourth-order valence-corrected chi connectivity index (χ4v) is 2.15. The molecule has 0 saturated carbocycles. The van der Waals surface area contributed by atoms with Gasteiger partial charge in [0.1, 0.15) is 6.26 Å². The Morgan fingerprint density at radius 1 is 0.900 bits per heavy atom. The first-order valence-corrected chi connectivity index (χ1v) is 8.73. The van der Waals surface area contributed by atoms with E-state index in [0.29, 0.717) is 0 Å². The second-order valence-electron chi connectivity index (χ2n) is 4.87. The fraction of sp³-hybridized carbons (Fsp3) is 0.857. The Morgan fingerprint density at radius 3 is 1.80 bits per heavy atom. The van der Waals surface area contributed by atoms with Gasteiger partial charge in [0, 0.05) is 0 Å². The average Bonchev–Trinajstić information content (AvgIpc) is 2.34. The van der Waals surface area contributed by atoms with E-state index in [1.165, 1.54) is 51.4 Å². The summed E-state index contributed by atoms with van der Waals surface area (Å²) in [4.78, 5) is 0. The van der Waals surface area contributed by atoms with Crippen LogP contribution < -0.4 is 29.6 Å². The summed E-state index contributed by atoms with van der Waals surface area (Å²) in [6, 6.07) is 0. The van der Waals surface area contributed by atoms with Gasteiger partial charge in [-0.05, 0) is 18.9 Å². The third kappa shape index (κ3) is 20.8. The Kier molecular flexibility index (Phi) is 18.0. The van der Waals surface area contributed by atoms with E-state index in [0.717, 1.165) is 25.5 Å². The van der Waals surface area contributed by atoms with Crippen molar-refractivity contribution in [2.45, 2.75) is 77.6 Å². The smallest absolute Gasteiger partial charge is 0.370 e. The molecule has 0 spiro atoms. The first-order chi connectivity index (χ1) is 9.06. The summed E-state index contributed by atoms with van der Waals surface area (Å²) in [6.07, 6.45) is 16.2. The topological polar surface area (TPSA) is 63.6 Å². The van der Waals surface area contributed by atoms with Gasteiger partial charge in [-0.25, -0.2) is 0 Å². The Hall–Kier alpha value is 0.450. The van der Waals surface area contributed by atoms with Gasteiger partial charge in [0.05, 0.1) is 0 Å². The predicted octanol–water partition coefficient (Wildman–Crippen LogP) is 1.63. The number of rotatable bonds is 13.